The Labute approximate surface area is 154 Å². The molecule has 1 N–H and O–H groups in total. The van der Waals surface area contributed by atoms with Crippen molar-refractivity contribution in [2.75, 3.05) is 7.05 Å². The Morgan fingerprint density at radius 1 is 1.19 bits per heavy atom. The molecule has 26 heavy (non-hydrogen) atoms. The lowest BCUT2D eigenvalue weighted by Crippen LogP contribution is -2.27. The molecule has 5 heteroatoms. The summed E-state index contributed by atoms with van der Waals surface area (Å²) in [5, 5.41) is 9.14. The van der Waals surface area contributed by atoms with Gasteiger partial charge in [0.05, 0.1) is 0 Å². The Hall–Kier alpha value is -2.87. The number of pyridine rings is 1. The number of carbonyl (C=O) groups excluding carboxylic acids is 1. The average Bonchev–Trinajstić information content (AvgIpc) is 2.62. The number of hydrogen-bond donors (Lipinski definition) is 1. The molecule has 0 bridgehead atoms. The van der Waals surface area contributed by atoms with Gasteiger partial charge in [0.2, 0.25) is 5.91 Å². The molecular weight excluding hydrogens is 326 g/mol. The van der Waals surface area contributed by atoms with E-state index < -0.39 is 0 Å². The minimum atomic E-state index is -0.370. The number of rotatable bonds is 6. The quantitative estimate of drug-likeness (QED) is 0.869. The second kappa shape index (κ2) is 8.48. The summed E-state index contributed by atoms with van der Waals surface area (Å²) in [7, 11) is 1.79. The first-order valence-corrected chi connectivity index (χ1v) is 8.81. The van der Waals surface area contributed by atoms with Crippen molar-refractivity contribution in [2.24, 2.45) is 0 Å². The van der Waals surface area contributed by atoms with E-state index in [0.29, 0.717) is 24.9 Å². The van der Waals surface area contributed by atoms with Crippen LogP contribution < -0.4 is 5.56 Å². The lowest BCUT2D eigenvalue weighted by atomic mass is 9.99. The first-order valence-electron chi connectivity index (χ1n) is 8.81. The van der Waals surface area contributed by atoms with Gasteiger partial charge in [0.25, 0.3) is 5.56 Å². The summed E-state index contributed by atoms with van der Waals surface area (Å²) >= 11 is 0. The van der Waals surface area contributed by atoms with Gasteiger partial charge in [-0.05, 0) is 48.9 Å². The molecule has 0 atom stereocenters. The highest BCUT2D eigenvalue weighted by Crippen LogP contribution is 2.16. The third kappa shape index (κ3) is 4.40. The molecule has 136 valence electrons. The highest BCUT2D eigenvalue weighted by atomic mass is 16.2. The van der Waals surface area contributed by atoms with Crippen molar-refractivity contribution in [1.29, 1.82) is 5.26 Å². The van der Waals surface area contributed by atoms with Gasteiger partial charge >= 0.3 is 0 Å². The third-order valence-corrected chi connectivity index (χ3v) is 4.79. The fourth-order valence-corrected chi connectivity index (χ4v) is 3.09. The molecule has 0 radical (unpaired) electrons. The van der Waals surface area contributed by atoms with Gasteiger partial charge in [-0.2, -0.15) is 5.26 Å². The Balaban J connectivity index is 2.04. The van der Waals surface area contributed by atoms with Crippen LogP contribution in [0.25, 0.3) is 0 Å². The molecule has 0 unspecified atom stereocenters. The van der Waals surface area contributed by atoms with E-state index in [1.807, 2.05) is 6.07 Å². The van der Waals surface area contributed by atoms with Crippen LogP contribution in [0.5, 0.6) is 0 Å². The predicted octanol–water partition coefficient (Wildman–Crippen LogP) is 3.02. The summed E-state index contributed by atoms with van der Waals surface area (Å²) in [6.45, 7) is 6.24. The first-order chi connectivity index (χ1) is 12.4. The standard InChI is InChI=1S/C21H25N3O2/c1-5-16-6-8-17(9-7-16)13-24(4)20(25)11-10-18-14(2)19(12-22)21(26)23-15(18)3/h6-9H,5,10-11,13H2,1-4H3,(H,23,26). The van der Waals surface area contributed by atoms with Gasteiger partial charge in [0, 0.05) is 25.7 Å². The summed E-state index contributed by atoms with van der Waals surface area (Å²) in [6.07, 6.45) is 1.83. The van der Waals surface area contributed by atoms with Crippen LogP contribution in [0.15, 0.2) is 29.1 Å². The predicted molar refractivity (Wildman–Crippen MR) is 102 cm³/mol. The summed E-state index contributed by atoms with van der Waals surface area (Å²) in [5.41, 5.74) is 4.39. The zero-order chi connectivity index (χ0) is 19.3. The number of hydrogen-bond acceptors (Lipinski definition) is 3. The smallest absolute Gasteiger partial charge is 0.266 e. The van der Waals surface area contributed by atoms with E-state index in [1.165, 1.54) is 5.56 Å². The van der Waals surface area contributed by atoms with Crippen LogP contribution in [0.1, 0.15) is 46.9 Å². The number of nitrogens with zero attached hydrogens (tertiary/aromatic N) is 2. The van der Waals surface area contributed by atoms with Crippen LogP contribution in [-0.4, -0.2) is 22.8 Å². The van der Waals surface area contributed by atoms with Gasteiger partial charge in [-0.25, -0.2) is 0 Å². The summed E-state index contributed by atoms with van der Waals surface area (Å²) in [5.74, 6) is 0.0353. The summed E-state index contributed by atoms with van der Waals surface area (Å²) < 4.78 is 0. The molecule has 0 spiro atoms. The van der Waals surface area contributed by atoms with Gasteiger partial charge in [-0.3, -0.25) is 9.59 Å². The lowest BCUT2D eigenvalue weighted by molar-refractivity contribution is -0.130. The average molecular weight is 351 g/mol. The molecule has 1 aromatic heterocycles. The molecule has 1 heterocycles. The Morgan fingerprint density at radius 2 is 1.81 bits per heavy atom. The Bertz CT molecular complexity index is 889. The van der Waals surface area contributed by atoms with Gasteiger partial charge in [-0.1, -0.05) is 31.2 Å². The van der Waals surface area contributed by atoms with E-state index in [2.05, 4.69) is 36.2 Å². The van der Waals surface area contributed by atoms with Crippen molar-refractivity contribution in [3.8, 4) is 6.07 Å². The van der Waals surface area contributed by atoms with E-state index in [0.717, 1.165) is 23.2 Å². The van der Waals surface area contributed by atoms with E-state index in [9.17, 15) is 9.59 Å². The number of carbonyl (C=O) groups is 1. The van der Waals surface area contributed by atoms with E-state index in [1.54, 1.807) is 25.8 Å². The third-order valence-electron chi connectivity index (χ3n) is 4.79. The number of amides is 1. The molecule has 1 aromatic carbocycles. The maximum Gasteiger partial charge on any atom is 0.266 e. The maximum atomic E-state index is 12.5. The fourth-order valence-electron chi connectivity index (χ4n) is 3.09. The van der Waals surface area contributed by atoms with E-state index in [-0.39, 0.29) is 17.0 Å². The van der Waals surface area contributed by atoms with Crippen LogP contribution in [0.4, 0.5) is 0 Å². The van der Waals surface area contributed by atoms with Crippen LogP contribution in [-0.2, 0) is 24.2 Å². The monoisotopic (exact) mass is 351 g/mol. The van der Waals surface area contributed by atoms with Gasteiger partial charge in [0.1, 0.15) is 11.6 Å². The van der Waals surface area contributed by atoms with Gasteiger partial charge in [-0.15, -0.1) is 0 Å². The number of nitrogens with one attached hydrogen (secondary N) is 1. The number of benzene rings is 1. The molecular formula is C21H25N3O2. The molecule has 0 aliphatic heterocycles. The van der Waals surface area contributed by atoms with Crippen LogP contribution in [0.2, 0.25) is 0 Å². The summed E-state index contributed by atoms with van der Waals surface area (Å²) in [6, 6.07) is 10.2. The largest absolute Gasteiger partial charge is 0.341 e. The first kappa shape index (κ1) is 19.5. The van der Waals surface area contributed by atoms with Crippen molar-refractivity contribution in [1.82, 2.24) is 9.88 Å². The molecule has 0 saturated carbocycles. The zero-order valence-electron chi connectivity index (χ0n) is 15.8. The topological polar surface area (TPSA) is 77.0 Å². The lowest BCUT2D eigenvalue weighted by Gasteiger charge is -2.18. The van der Waals surface area contributed by atoms with Crippen LogP contribution in [0.3, 0.4) is 0 Å². The van der Waals surface area contributed by atoms with Crippen molar-refractivity contribution >= 4 is 5.91 Å². The van der Waals surface area contributed by atoms with Crippen molar-refractivity contribution in [3.63, 3.8) is 0 Å². The molecule has 1 amide bonds. The number of aryl methyl sites for hydroxylation is 2. The fraction of sp³-hybridized carbons (Fsp3) is 0.381. The number of nitriles is 1. The Morgan fingerprint density at radius 3 is 2.38 bits per heavy atom. The molecule has 2 aromatic rings. The molecule has 2 rings (SSSR count). The maximum absolute atomic E-state index is 12.5. The number of H-pyrrole nitrogens is 1. The van der Waals surface area contributed by atoms with Gasteiger partial charge in [0.15, 0.2) is 0 Å². The van der Waals surface area contributed by atoms with Crippen LogP contribution in [0, 0.1) is 25.2 Å². The molecule has 0 aliphatic rings. The number of aromatic amines is 1. The second-order valence-electron chi connectivity index (χ2n) is 6.59. The highest BCUT2D eigenvalue weighted by Gasteiger charge is 2.15. The SMILES string of the molecule is CCc1ccc(CN(C)C(=O)CCc2c(C)[nH]c(=O)c(C#N)c2C)cc1. The van der Waals surface area contributed by atoms with E-state index in [4.69, 9.17) is 5.26 Å². The van der Waals surface area contributed by atoms with Crippen molar-refractivity contribution in [3.05, 3.63) is 68.1 Å². The summed E-state index contributed by atoms with van der Waals surface area (Å²) in [4.78, 5) is 28.7. The number of aromatic nitrogens is 1. The second-order valence-corrected chi connectivity index (χ2v) is 6.59. The molecule has 0 fully saturated rings. The van der Waals surface area contributed by atoms with Crippen molar-refractivity contribution in [2.45, 2.75) is 46.6 Å². The Kier molecular flexibility index (Phi) is 6.35. The zero-order valence-corrected chi connectivity index (χ0v) is 15.8. The molecule has 0 aliphatic carbocycles. The minimum Gasteiger partial charge on any atom is -0.341 e. The normalized spacial score (nSPS) is 10.4. The molecule has 0 saturated heterocycles. The highest BCUT2D eigenvalue weighted by molar-refractivity contribution is 5.76. The van der Waals surface area contributed by atoms with Crippen molar-refractivity contribution < 1.29 is 4.79 Å². The van der Waals surface area contributed by atoms with E-state index >= 15 is 0 Å². The van der Waals surface area contributed by atoms with Gasteiger partial charge < -0.3 is 9.88 Å². The molecule has 5 nitrogen and oxygen atoms in total. The van der Waals surface area contributed by atoms with Crippen LogP contribution >= 0.6 is 0 Å². The minimum absolute atomic E-state index is 0.0353.